The lowest BCUT2D eigenvalue weighted by Crippen LogP contribution is -2.35. The third-order valence-electron chi connectivity index (χ3n) is 2.23. The summed E-state index contributed by atoms with van der Waals surface area (Å²) in [5.74, 6) is -0.147. The summed E-state index contributed by atoms with van der Waals surface area (Å²) in [5.41, 5.74) is 0.561. The van der Waals surface area contributed by atoms with Crippen LogP contribution in [0, 0.1) is 0 Å². The molecule has 0 aliphatic carbocycles. The van der Waals surface area contributed by atoms with Crippen LogP contribution in [-0.4, -0.2) is 45.6 Å². The molecule has 0 atom stereocenters. The molecule has 18 heavy (non-hydrogen) atoms. The van der Waals surface area contributed by atoms with Gasteiger partial charge in [0, 0.05) is 30.2 Å². The average molecular weight is 335 g/mol. The normalized spacial score (nSPS) is 11.3. The first-order valence-electron chi connectivity index (χ1n) is 5.25. The zero-order chi connectivity index (χ0) is 13.8. The standard InChI is InChI=1S/C11H15BrN2O3S/c1-14(7-6-13-18(2,16)17)11(15)9-4-3-5-10(12)8-9/h3-5,8,13H,6-7H2,1-2H3. The van der Waals surface area contributed by atoms with Gasteiger partial charge in [-0.25, -0.2) is 13.1 Å². The fourth-order valence-electron chi connectivity index (χ4n) is 1.34. The molecule has 0 bridgehead atoms. The second-order valence-corrected chi connectivity index (χ2v) is 6.65. The van der Waals surface area contributed by atoms with Gasteiger partial charge in [0.25, 0.3) is 5.91 Å². The van der Waals surface area contributed by atoms with Crippen LogP contribution in [0.5, 0.6) is 0 Å². The molecule has 1 N–H and O–H groups in total. The summed E-state index contributed by atoms with van der Waals surface area (Å²) in [4.78, 5) is 13.5. The smallest absolute Gasteiger partial charge is 0.253 e. The van der Waals surface area contributed by atoms with Gasteiger partial charge in [-0.1, -0.05) is 22.0 Å². The Morgan fingerprint density at radius 2 is 2.11 bits per heavy atom. The Bertz CT molecular complexity index is 531. The highest BCUT2D eigenvalue weighted by atomic mass is 79.9. The van der Waals surface area contributed by atoms with Crippen molar-refractivity contribution in [3.8, 4) is 0 Å². The summed E-state index contributed by atoms with van der Waals surface area (Å²) in [5, 5.41) is 0. The molecule has 7 heteroatoms. The quantitative estimate of drug-likeness (QED) is 0.875. The molecule has 5 nitrogen and oxygen atoms in total. The summed E-state index contributed by atoms with van der Waals surface area (Å²) < 4.78 is 24.9. The predicted octanol–water partition coefficient (Wildman–Crippen LogP) is 1.07. The maximum atomic E-state index is 12.0. The summed E-state index contributed by atoms with van der Waals surface area (Å²) in [6.07, 6.45) is 1.09. The Balaban J connectivity index is 2.57. The Morgan fingerprint density at radius 1 is 1.44 bits per heavy atom. The highest BCUT2D eigenvalue weighted by Gasteiger charge is 2.12. The largest absolute Gasteiger partial charge is 0.340 e. The number of hydrogen-bond acceptors (Lipinski definition) is 3. The number of rotatable bonds is 5. The van der Waals surface area contributed by atoms with Crippen molar-refractivity contribution in [1.29, 1.82) is 0 Å². The van der Waals surface area contributed by atoms with Crippen molar-refractivity contribution in [3.63, 3.8) is 0 Å². The minimum Gasteiger partial charge on any atom is -0.340 e. The monoisotopic (exact) mass is 334 g/mol. The van der Waals surface area contributed by atoms with E-state index in [1.807, 2.05) is 6.07 Å². The van der Waals surface area contributed by atoms with Crippen molar-refractivity contribution in [1.82, 2.24) is 9.62 Å². The van der Waals surface area contributed by atoms with E-state index in [0.717, 1.165) is 10.7 Å². The summed E-state index contributed by atoms with van der Waals surface area (Å²) in [6, 6.07) is 7.05. The maximum absolute atomic E-state index is 12.0. The SMILES string of the molecule is CN(CCNS(C)(=O)=O)C(=O)c1cccc(Br)c1. The van der Waals surface area contributed by atoms with E-state index in [1.54, 1.807) is 25.2 Å². The minimum atomic E-state index is -3.21. The predicted molar refractivity (Wildman–Crippen MR) is 73.9 cm³/mol. The lowest BCUT2D eigenvalue weighted by atomic mass is 10.2. The van der Waals surface area contributed by atoms with Crippen LogP contribution in [0.25, 0.3) is 0 Å². The third-order valence-corrected chi connectivity index (χ3v) is 3.45. The van der Waals surface area contributed by atoms with Gasteiger partial charge in [-0.05, 0) is 18.2 Å². The highest BCUT2D eigenvalue weighted by Crippen LogP contribution is 2.12. The number of nitrogens with zero attached hydrogens (tertiary/aromatic N) is 1. The molecular weight excluding hydrogens is 320 g/mol. The molecule has 0 spiro atoms. The molecule has 0 aromatic heterocycles. The number of benzene rings is 1. The van der Waals surface area contributed by atoms with Gasteiger partial charge < -0.3 is 4.90 Å². The van der Waals surface area contributed by atoms with Crippen molar-refractivity contribution < 1.29 is 13.2 Å². The van der Waals surface area contributed by atoms with E-state index < -0.39 is 10.0 Å². The molecule has 100 valence electrons. The molecule has 0 fully saturated rings. The van der Waals surface area contributed by atoms with Gasteiger partial charge >= 0.3 is 0 Å². The second kappa shape index (κ2) is 6.31. The molecule has 0 saturated carbocycles. The summed E-state index contributed by atoms with van der Waals surface area (Å²) in [6.45, 7) is 0.521. The number of likely N-dealkylation sites (N-methyl/N-ethyl adjacent to an activating group) is 1. The molecule has 1 rings (SSSR count). The van der Waals surface area contributed by atoms with Crippen LogP contribution >= 0.6 is 15.9 Å². The van der Waals surface area contributed by atoms with Gasteiger partial charge in [0.2, 0.25) is 10.0 Å². The van der Waals surface area contributed by atoms with Crippen LogP contribution in [0.15, 0.2) is 28.7 Å². The first kappa shape index (κ1) is 15.1. The Kier molecular flexibility index (Phi) is 5.30. The molecule has 0 unspecified atom stereocenters. The lowest BCUT2D eigenvalue weighted by Gasteiger charge is -2.17. The van der Waals surface area contributed by atoms with Gasteiger partial charge in [-0.15, -0.1) is 0 Å². The van der Waals surface area contributed by atoms with Gasteiger partial charge in [-0.2, -0.15) is 0 Å². The number of sulfonamides is 1. The van der Waals surface area contributed by atoms with Crippen molar-refractivity contribution in [2.45, 2.75) is 0 Å². The third kappa shape index (κ3) is 5.16. The molecule has 0 radical (unpaired) electrons. The van der Waals surface area contributed by atoms with Crippen molar-refractivity contribution >= 4 is 31.9 Å². The van der Waals surface area contributed by atoms with Gasteiger partial charge in [0.15, 0.2) is 0 Å². The Labute approximate surface area is 115 Å². The zero-order valence-corrected chi connectivity index (χ0v) is 12.6. The number of carbonyl (C=O) groups excluding carboxylic acids is 1. The zero-order valence-electron chi connectivity index (χ0n) is 10.2. The molecule has 1 amide bonds. The molecule has 1 aromatic carbocycles. The first-order valence-corrected chi connectivity index (χ1v) is 7.94. The fraction of sp³-hybridized carbons (Fsp3) is 0.364. The van der Waals surface area contributed by atoms with Crippen molar-refractivity contribution in [3.05, 3.63) is 34.3 Å². The molecule has 0 aliphatic heterocycles. The van der Waals surface area contributed by atoms with Gasteiger partial charge in [0.1, 0.15) is 0 Å². The van der Waals surface area contributed by atoms with Crippen LogP contribution in [0.4, 0.5) is 0 Å². The number of nitrogens with one attached hydrogen (secondary N) is 1. The van der Waals surface area contributed by atoms with Crippen LogP contribution < -0.4 is 4.72 Å². The molecule has 0 heterocycles. The van der Waals surface area contributed by atoms with E-state index in [0.29, 0.717) is 12.1 Å². The first-order chi connectivity index (χ1) is 8.29. The van der Waals surface area contributed by atoms with E-state index >= 15 is 0 Å². The highest BCUT2D eigenvalue weighted by molar-refractivity contribution is 9.10. The van der Waals surface area contributed by atoms with Crippen LogP contribution in [0.3, 0.4) is 0 Å². The van der Waals surface area contributed by atoms with Gasteiger partial charge in [-0.3, -0.25) is 4.79 Å². The second-order valence-electron chi connectivity index (χ2n) is 3.90. The van der Waals surface area contributed by atoms with E-state index in [9.17, 15) is 13.2 Å². The van der Waals surface area contributed by atoms with Crippen LogP contribution in [0.2, 0.25) is 0 Å². The van der Waals surface area contributed by atoms with E-state index in [4.69, 9.17) is 0 Å². The van der Waals surface area contributed by atoms with Crippen LogP contribution in [0.1, 0.15) is 10.4 Å². The summed E-state index contributed by atoms with van der Waals surface area (Å²) in [7, 11) is -1.58. The Morgan fingerprint density at radius 3 is 2.67 bits per heavy atom. The number of hydrogen-bond donors (Lipinski definition) is 1. The Hall–Kier alpha value is -0.920. The molecule has 0 aliphatic rings. The number of carbonyl (C=O) groups is 1. The average Bonchev–Trinajstić information content (AvgIpc) is 2.26. The fourth-order valence-corrected chi connectivity index (χ4v) is 2.20. The number of amides is 1. The topological polar surface area (TPSA) is 66.5 Å². The van der Waals surface area contributed by atoms with Crippen molar-refractivity contribution in [2.75, 3.05) is 26.4 Å². The van der Waals surface area contributed by atoms with Crippen molar-refractivity contribution in [2.24, 2.45) is 0 Å². The maximum Gasteiger partial charge on any atom is 0.253 e. The number of halogens is 1. The minimum absolute atomic E-state index is 0.147. The van der Waals surface area contributed by atoms with E-state index in [-0.39, 0.29) is 12.5 Å². The van der Waals surface area contributed by atoms with E-state index in [1.165, 1.54) is 4.90 Å². The van der Waals surface area contributed by atoms with Gasteiger partial charge in [0.05, 0.1) is 6.26 Å². The lowest BCUT2D eigenvalue weighted by molar-refractivity contribution is 0.0797. The molecule has 0 saturated heterocycles. The molecule has 1 aromatic rings. The molecular formula is C11H15BrN2O3S. The van der Waals surface area contributed by atoms with Crippen LogP contribution in [-0.2, 0) is 10.0 Å². The van der Waals surface area contributed by atoms with E-state index in [2.05, 4.69) is 20.7 Å². The summed E-state index contributed by atoms with van der Waals surface area (Å²) >= 11 is 3.30.